The fourth-order valence-corrected chi connectivity index (χ4v) is 6.82. The van der Waals surface area contributed by atoms with Crippen molar-refractivity contribution < 1.29 is 23.1 Å². The van der Waals surface area contributed by atoms with Crippen LogP contribution >= 0.6 is 7.60 Å². The molecule has 0 fully saturated rings. The van der Waals surface area contributed by atoms with E-state index in [1.165, 1.54) is 25.3 Å². The van der Waals surface area contributed by atoms with Crippen molar-refractivity contribution in [1.82, 2.24) is 0 Å². The zero-order chi connectivity index (χ0) is 26.1. The minimum absolute atomic E-state index is 0.0834. The van der Waals surface area contributed by atoms with Crippen LogP contribution in [0, 0.1) is 5.41 Å². The Labute approximate surface area is 207 Å². The SMILES string of the molecule is CCC(C)(C(=O)/C=C/c1cc(C(C)(C)C)c(OC)c2c1CCCC2C(C)(C)C)P(=O)(OC)OC. The first-order chi connectivity index (χ1) is 15.6. The van der Waals surface area contributed by atoms with Crippen molar-refractivity contribution in [3.63, 3.8) is 0 Å². The highest BCUT2D eigenvalue weighted by atomic mass is 31.2. The molecule has 0 N–H and O–H groups in total. The molecule has 1 aromatic rings. The van der Waals surface area contributed by atoms with Gasteiger partial charge in [0.2, 0.25) is 0 Å². The molecule has 34 heavy (non-hydrogen) atoms. The lowest BCUT2D eigenvalue weighted by Gasteiger charge is -2.39. The Morgan fingerprint density at radius 1 is 1.09 bits per heavy atom. The minimum atomic E-state index is -3.61. The molecule has 0 aliphatic heterocycles. The summed E-state index contributed by atoms with van der Waals surface area (Å²) in [6, 6.07) is 2.17. The Kier molecular flexibility index (Phi) is 8.72. The zero-order valence-electron chi connectivity index (χ0n) is 23.1. The Morgan fingerprint density at radius 3 is 2.12 bits per heavy atom. The van der Waals surface area contributed by atoms with Crippen molar-refractivity contribution in [2.24, 2.45) is 5.41 Å². The summed E-state index contributed by atoms with van der Waals surface area (Å²) in [5.74, 6) is 1.08. The summed E-state index contributed by atoms with van der Waals surface area (Å²) in [6.45, 7) is 16.9. The second-order valence-electron chi connectivity index (χ2n) is 11.7. The summed E-state index contributed by atoms with van der Waals surface area (Å²) in [6.07, 6.45) is 6.94. The summed E-state index contributed by atoms with van der Waals surface area (Å²) in [7, 11) is 0.818. The molecule has 2 atom stereocenters. The van der Waals surface area contributed by atoms with Crippen molar-refractivity contribution in [1.29, 1.82) is 0 Å². The monoisotopic (exact) mass is 492 g/mol. The van der Waals surface area contributed by atoms with Crippen LogP contribution in [0.1, 0.15) is 103 Å². The van der Waals surface area contributed by atoms with Crippen LogP contribution in [-0.4, -0.2) is 32.3 Å². The van der Waals surface area contributed by atoms with E-state index in [2.05, 4.69) is 47.6 Å². The molecule has 1 aliphatic rings. The minimum Gasteiger partial charge on any atom is -0.496 e. The molecule has 0 bridgehead atoms. The average Bonchev–Trinajstić information content (AvgIpc) is 2.78. The maximum atomic E-state index is 13.4. The van der Waals surface area contributed by atoms with Crippen molar-refractivity contribution in [3.05, 3.63) is 34.4 Å². The Hall–Kier alpha value is -1.42. The van der Waals surface area contributed by atoms with Gasteiger partial charge in [-0.3, -0.25) is 9.36 Å². The van der Waals surface area contributed by atoms with E-state index in [-0.39, 0.29) is 16.6 Å². The quantitative estimate of drug-likeness (QED) is 0.275. The first-order valence-corrected chi connectivity index (χ1v) is 13.8. The van der Waals surface area contributed by atoms with Crippen LogP contribution in [-0.2, 0) is 30.2 Å². The summed E-state index contributed by atoms with van der Waals surface area (Å²) < 4.78 is 29.7. The second kappa shape index (κ2) is 10.3. The summed E-state index contributed by atoms with van der Waals surface area (Å²) in [4.78, 5) is 13.4. The highest BCUT2D eigenvalue weighted by Crippen LogP contribution is 2.61. The maximum Gasteiger partial charge on any atom is 0.343 e. The summed E-state index contributed by atoms with van der Waals surface area (Å²) in [5.41, 5.74) is 4.64. The highest BCUT2D eigenvalue weighted by Gasteiger charge is 2.49. The Morgan fingerprint density at radius 2 is 1.68 bits per heavy atom. The van der Waals surface area contributed by atoms with Gasteiger partial charge in [0, 0.05) is 25.3 Å². The van der Waals surface area contributed by atoms with E-state index in [0.29, 0.717) is 12.3 Å². The van der Waals surface area contributed by atoms with Gasteiger partial charge in [0.05, 0.1) is 7.11 Å². The molecule has 192 valence electrons. The molecule has 0 heterocycles. The fourth-order valence-electron chi connectivity index (χ4n) is 5.14. The van der Waals surface area contributed by atoms with E-state index in [4.69, 9.17) is 13.8 Å². The number of hydrogen-bond acceptors (Lipinski definition) is 5. The zero-order valence-corrected chi connectivity index (χ0v) is 24.0. The Bertz CT molecular complexity index is 972. The third-order valence-corrected chi connectivity index (χ3v) is 10.2. The molecule has 6 heteroatoms. The first-order valence-electron chi connectivity index (χ1n) is 12.3. The molecular formula is C28H45O5P. The fraction of sp³-hybridized carbons (Fsp3) is 0.679. The topological polar surface area (TPSA) is 61.8 Å². The van der Waals surface area contributed by atoms with Crippen LogP contribution < -0.4 is 4.74 Å². The van der Waals surface area contributed by atoms with Crippen molar-refractivity contribution in [3.8, 4) is 5.75 Å². The number of allylic oxidation sites excluding steroid dienone is 1. The van der Waals surface area contributed by atoms with Gasteiger partial charge in [-0.25, -0.2) is 0 Å². The molecule has 0 aromatic heterocycles. The van der Waals surface area contributed by atoms with Crippen LogP contribution in [0.25, 0.3) is 6.08 Å². The molecule has 0 spiro atoms. The third kappa shape index (κ3) is 5.22. The van der Waals surface area contributed by atoms with Gasteiger partial charge in [-0.05, 0) is 72.6 Å². The van der Waals surface area contributed by atoms with Gasteiger partial charge in [-0.2, -0.15) is 0 Å². The van der Waals surface area contributed by atoms with Gasteiger partial charge in [0.25, 0.3) is 0 Å². The highest BCUT2D eigenvalue weighted by molar-refractivity contribution is 7.56. The van der Waals surface area contributed by atoms with Crippen molar-refractivity contribution >= 4 is 19.5 Å². The predicted octanol–water partition coefficient (Wildman–Crippen LogP) is 7.70. The molecular weight excluding hydrogens is 447 g/mol. The summed E-state index contributed by atoms with van der Waals surface area (Å²) in [5, 5.41) is -1.25. The number of ether oxygens (including phenoxy) is 1. The Balaban J connectivity index is 2.75. The molecule has 0 amide bonds. The lowest BCUT2D eigenvalue weighted by Crippen LogP contribution is -2.34. The standard InChI is InChI=1S/C28H45O5P/c1-12-28(8,34(30,32-10)33-11)23(29)17-16-19-18-22(27(5,6)7)25(31-9)24-20(19)14-13-15-21(24)26(2,3)4/h16-18,21H,12-15H2,1-11H3/b17-16+. The average molecular weight is 493 g/mol. The molecule has 5 nitrogen and oxygen atoms in total. The lowest BCUT2D eigenvalue weighted by atomic mass is 9.66. The molecule has 1 aliphatic carbocycles. The van der Waals surface area contributed by atoms with Gasteiger partial charge >= 0.3 is 7.60 Å². The lowest BCUT2D eigenvalue weighted by molar-refractivity contribution is -0.117. The van der Waals surface area contributed by atoms with Crippen LogP contribution in [0.4, 0.5) is 0 Å². The number of benzene rings is 1. The van der Waals surface area contributed by atoms with Crippen LogP contribution in [0.2, 0.25) is 0 Å². The van der Waals surface area contributed by atoms with E-state index >= 15 is 0 Å². The normalized spacial score (nSPS) is 19.1. The molecule has 2 unspecified atom stereocenters. The smallest absolute Gasteiger partial charge is 0.343 e. The van der Waals surface area contributed by atoms with Crippen LogP contribution in [0.15, 0.2) is 12.1 Å². The van der Waals surface area contributed by atoms with E-state index in [1.807, 2.05) is 13.0 Å². The summed E-state index contributed by atoms with van der Waals surface area (Å²) >= 11 is 0. The van der Waals surface area contributed by atoms with E-state index in [1.54, 1.807) is 20.1 Å². The number of carbonyl (C=O) groups is 1. The van der Waals surface area contributed by atoms with Crippen molar-refractivity contribution in [2.75, 3.05) is 21.3 Å². The van der Waals surface area contributed by atoms with Gasteiger partial charge in [-0.1, -0.05) is 54.5 Å². The van der Waals surface area contributed by atoms with Gasteiger partial charge < -0.3 is 13.8 Å². The molecule has 0 saturated carbocycles. The van der Waals surface area contributed by atoms with Crippen molar-refractivity contribution in [2.45, 2.75) is 97.6 Å². The third-order valence-electron chi connectivity index (χ3n) is 7.51. The molecule has 2 rings (SSSR count). The van der Waals surface area contributed by atoms with Crippen LogP contribution in [0.3, 0.4) is 0 Å². The second-order valence-corrected chi connectivity index (χ2v) is 14.4. The first kappa shape index (κ1) is 28.8. The molecule has 0 saturated heterocycles. The van der Waals surface area contributed by atoms with E-state index < -0.39 is 12.8 Å². The van der Waals surface area contributed by atoms with E-state index in [9.17, 15) is 9.36 Å². The number of fused-ring (bicyclic) bond motifs is 1. The maximum absolute atomic E-state index is 13.4. The number of rotatable bonds is 8. The largest absolute Gasteiger partial charge is 0.496 e. The predicted molar refractivity (Wildman–Crippen MR) is 141 cm³/mol. The molecule has 1 aromatic carbocycles. The van der Waals surface area contributed by atoms with E-state index in [0.717, 1.165) is 36.1 Å². The van der Waals surface area contributed by atoms with Gasteiger partial charge in [0.1, 0.15) is 10.9 Å². The number of hydrogen-bond donors (Lipinski definition) is 0. The molecule has 0 radical (unpaired) electrons. The number of carbonyl (C=O) groups excluding carboxylic acids is 1. The van der Waals surface area contributed by atoms with Gasteiger partial charge in [-0.15, -0.1) is 0 Å². The number of methoxy groups -OCH3 is 1. The van der Waals surface area contributed by atoms with Crippen LogP contribution in [0.5, 0.6) is 5.75 Å². The van der Waals surface area contributed by atoms with Gasteiger partial charge in [0.15, 0.2) is 5.78 Å². The number of ketones is 1.